The lowest BCUT2D eigenvalue weighted by atomic mass is 9.75. The number of hydrogen-bond donors (Lipinski definition) is 1. The first-order valence-corrected chi connectivity index (χ1v) is 7.46. The minimum absolute atomic E-state index is 0.00564. The molecule has 21 heavy (non-hydrogen) atoms. The number of nitrogens with one attached hydrogen (secondary N) is 1. The van der Waals surface area contributed by atoms with Crippen LogP contribution < -0.4 is 5.32 Å². The van der Waals surface area contributed by atoms with Gasteiger partial charge < -0.3 is 5.32 Å². The van der Waals surface area contributed by atoms with E-state index in [0.29, 0.717) is 0 Å². The summed E-state index contributed by atoms with van der Waals surface area (Å²) in [7, 11) is 0. The van der Waals surface area contributed by atoms with Crippen LogP contribution in [0.5, 0.6) is 0 Å². The standard InChI is InChI=1S/C17H19NO.C2H6/c1-13-9-7-8-10-14(2)18-16(19)17(13,3)15-11-5-4-6-12-15;1-2/h4-12,14H,1H2,2-3H3,(H,18,19);1-2H3/b9-7-,10-8-;. The average molecular weight is 283 g/mol. The SMILES string of the molecule is C=C1/C=C\C=C/C(C)NC(=O)C1(C)c1ccccc1.CC. The van der Waals surface area contributed by atoms with Crippen molar-refractivity contribution in [2.75, 3.05) is 0 Å². The highest BCUT2D eigenvalue weighted by atomic mass is 16.2. The molecule has 1 aromatic carbocycles. The maximum absolute atomic E-state index is 12.6. The Labute approximate surface area is 128 Å². The third kappa shape index (κ3) is 3.72. The van der Waals surface area contributed by atoms with Crippen LogP contribution in [-0.4, -0.2) is 11.9 Å². The minimum Gasteiger partial charge on any atom is -0.349 e. The summed E-state index contributed by atoms with van der Waals surface area (Å²) in [5.74, 6) is -0.0209. The third-order valence-corrected chi connectivity index (χ3v) is 3.61. The fraction of sp³-hybridized carbons (Fsp3) is 0.316. The third-order valence-electron chi connectivity index (χ3n) is 3.61. The fourth-order valence-corrected chi connectivity index (χ4v) is 2.20. The van der Waals surface area contributed by atoms with Crippen molar-refractivity contribution in [1.29, 1.82) is 0 Å². The van der Waals surface area contributed by atoms with Crippen molar-refractivity contribution < 1.29 is 4.79 Å². The van der Waals surface area contributed by atoms with Crippen molar-refractivity contribution in [3.63, 3.8) is 0 Å². The number of carbonyl (C=O) groups excluding carboxylic acids is 1. The van der Waals surface area contributed by atoms with Gasteiger partial charge in [-0.05, 0) is 25.0 Å². The van der Waals surface area contributed by atoms with Crippen LogP contribution in [0.2, 0.25) is 0 Å². The molecule has 0 radical (unpaired) electrons. The van der Waals surface area contributed by atoms with Gasteiger partial charge in [0.05, 0.1) is 5.41 Å². The Bertz CT molecular complexity index is 542. The fourth-order valence-electron chi connectivity index (χ4n) is 2.20. The maximum Gasteiger partial charge on any atom is 0.235 e. The molecule has 0 aliphatic carbocycles. The van der Waals surface area contributed by atoms with Gasteiger partial charge in [-0.2, -0.15) is 0 Å². The molecular weight excluding hydrogens is 258 g/mol. The second-order valence-corrected chi connectivity index (χ2v) is 5.02. The van der Waals surface area contributed by atoms with Crippen molar-refractivity contribution in [2.24, 2.45) is 0 Å². The van der Waals surface area contributed by atoms with E-state index < -0.39 is 5.41 Å². The zero-order valence-corrected chi connectivity index (χ0v) is 13.4. The second kappa shape index (κ2) is 7.63. The van der Waals surface area contributed by atoms with E-state index in [0.717, 1.165) is 11.1 Å². The molecule has 0 spiro atoms. The van der Waals surface area contributed by atoms with Gasteiger partial charge in [0.1, 0.15) is 0 Å². The summed E-state index contributed by atoms with van der Waals surface area (Å²) >= 11 is 0. The van der Waals surface area contributed by atoms with Crippen molar-refractivity contribution >= 4 is 5.91 Å². The molecule has 0 aromatic heterocycles. The summed E-state index contributed by atoms with van der Waals surface area (Å²) in [5.41, 5.74) is 1.00. The first-order chi connectivity index (χ1) is 10.0. The minimum atomic E-state index is -0.738. The van der Waals surface area contributed by atoms with Crippen molar-refractivity contribution in [3.8, 4) is 0 Å². The molecule has 1 aromatic rings. The highest BCUT2D eigenvalue weighted by molar-refractivity contribution is 5.92. The molecule has 1 aliphatic rings. The molecule has 1 aliphatic heterocycles. The lowest BCUT2D eigenvalue weighted by Crippen LogP contribution is -2.45. The van der Waals surface area contributed by atoms with Crippen LogP contribution in [0.1, 0.15) is 33.3 Å². The summed E-state index contributed by atoms with van der Waals surface area (Å²) in [6.07, 6.45) is 7.73. The Morgan fingerprint density at radius 1 is 1.14 bits per heavy atom. The van der Waals surface area contributed by atoms with Gasteiger partial charge in [-0.25, -0.2) is 0 Å². The van der Waals surface area contributed by atoms with Gasteiger partial charge in [0.25, 0.3) is 0 Å². The molecular formula is C19H25NO. The lowest BCUT2D eigenvalue weighted by Gasteiger charge is -2.30. The van der Waals surface area contributed by atoms with Gasteiger partial charge in [-0.1, -0.05) is 75.1 Å². The number of amides is 1. The van der Waals surface area contributed by atoms with Crippen molar-refractivity contribution in [1.82, 2.24) is 5.32 Å². The lowest BCUT2D eigenvalue weighted by molar-refractivity contribution is -0.125. The Morgan fingerprint density at radius 2 is 1.76 bits per heavy atom. The van der Waals surface area contributed by atoms with Crippen molar-refractivity contribution in [2.45, 2.75) is 39.2 Å². The van der Waals surface area contributed by atoms with Gasteiger partial charge >= 0.3 is 0 Å². The number of hydrogen-bond acceptors (Lipinski definition) is 1. The summed E-state index contributed by atoms with van der Waals surface area (Å²) in [4.78, 5) is 12.6. The van der Waals surface area contributed by atoms with E-state index in [1.54, 1.807) is 0 Å². The Morgan fingerprint density at radius 3 is 2.38 bits per heavy atom. The molecule has 0 saturated carbocycles. The maximum atomic E-state index is 12.6. The van der Waals surface area contributed by atoms with E-state index in [1.807, 2.05) is 82.3 Å². The normalized spacial score (nSPS) is 28.1. The van der Waals surface area contributed by atoms with E-state index in [9.17, 15) is 4.79 Å². The molecule has 0 saturated heterocycles. The summed E-state index contributed by atoms with van der Waals surface area (Å²) in [6.45, 7) is 12.0. The molecule has 0 fully saturated rings. The Hall–Kier alpha value is -2.09. The van der Waals surface area contributed by atoms with Gasteiger partial charge in [0, 0.05) is 6.04 Å². The van der Waals surface area contributed by atoms with Crippen LogP contribution in [0.15, 0.2) is 66.8 Å². The average Bonchev–Trinajstić information content (AvgIpc) is 2.56. The first-order valence-electron chi connectivity index (χ1n) is 7.46. The molecule has 2 atom stereocenters. The van der Waals surface area contributed by atoms with E-state index in [1.165, 1.54) is 0 Å². The zero-order valence-electron chi connectivity index (χ0n) is 13.4. The van der Waals surface area contributed by atoms with Crippen LogP contribution in [0.4, 0.5) is 0 Å². The predicted molar refractivity (Wildman–Crippen MR) is 90.2 cm³/mol. The monoisotopic (exact) mass is 283 g/mol. The van der Waals surface area contributed by atoms with Gasteiger partial charge in [0.15, 0.2) is 0 Å². The summed E-state index contributed by atoms with van der Waals surface area (Å²) in [6, 6.07) is 9.77. The van der Waals surface area contributed by atoms with E-state index >= 15 is 0 Å². The quantitative estimate of drug-likeness (QED) is 0.824. The molecule has 112 valence electrons. The van der Waals surface area contributed by atoms with Gasteiger partial charge in [0.2, 0.25) is 5.91 Å². The molecule has 0 bridgehead atoms. The molecule has 2 rings (SSSR count). The van der Waals surface area contributed by atoms with Crippen LogP contribution in [0.3, 0.4) is 0 Å². The van der Waals surface area contributed by atoms with Crippen LogP contribution >= 0.6 is 0 Å². The number of allylic oxidation sites excluding steroid dienone is 3. The van der Waals surface area contributed by atoms with Crippen LogP contribution in [0.25, 0.3) is 0 Å². The highest BCUT2D eigenvalue weighted by Crippen LogP contribution is 2.32. The van der Waals surface area contributed by atoms with Gasteiger partial charge in [-0.15, -0.1) is 0 Å². The number of carbonyl (C=O) groups is 1. The molecule has 2 heteroatoms. The number of benzene rings is 1. The van der Waals surface area contributed by atoms with Crippen molar-refractivity contribution in [3.05, 3.63) is 72.4 Å². The van der Waals surface area contributed by atoms with E-state index in [-0.39, 0.29) is 11.9 Å². The predicted octanol–water partition coefficient (Wildman–Crippen LogP) is 4.16. The Balaban J connectivity index is 0.00000106. The van der Waals surface area contributed by atoms with E-state index in [4.69, 9.17) is 0 Å². The molecule has 1 heterocycles. The highest BCUT2D eigenvalue weighted by Gasteiger charge is 2.37. The van der Waals surface area contributed by atoms with Crippen LogP contribution in [0, 0.1) is 0 Å². The smallest absolute Gasteiger partial charge is 0.235 e. The molecule has 1 amide bonds. The molecule has 1 N–H and O–H groups in total. The Kier molecular flexibility index (Phi) is 6.16. The number of rotatable bonds is 1. The molecule has 2 unspecified atom stereocenters. The largest absolute Gasteiger partial charge is 0.349 e. The topological polar surface area (TPSA) is 29.1 Å². The zero-order chi connectivity index (χ0) is 15.9. The summed E-state index contributed by atoms with van der Waals surface area (Å²) < 4.78 is 0. The second-order valence-electron chi connectivity index (χ2n) is 5.02. The first kappa shape index (κ1) is 17.0. The van der Waals surface area contributed by atoms with Crippen LogP contribution in [-0.2, 0) is 10.2 Å². The summed E-state index contributed by atoms with van der Waals surface area (Å²) in [5, 5.41) is 3.01. The van der Waals surface area contributed by atoms with Gasteiger partial charge in [-0.3, -0.25) is 4.79 Å². The van der Waals surface area contributed by atoms with E-state index in [2.05, 4.69) is 11.9 Å². The molecule has 2 nitrogen and oxygen atoms in total.